The van der Waals surface area contributed by atoms with Gasteiger partial charge in [0.05, 0.1) is 6.61 Å². The highest BCUT2D eigenvalue weighted by Gasteiger charge is 2.35. The first-order chi connectivity index (χ1) is 6.31. The van der Waals surface area contributed by atoms with Crippen LogP contribution in [0.25, 0.3) is 0 Å². The normalized spacial score (nSPS) is 36.5. The standard InChI is InChI=1S/C10H20N2O/c1-11-5-6-12-9(7-11)3-4-10(12)8-13-2/h9-10H,3-8H2,1-2H3. The largest absolute Gasteiger partial charge is 0.383 e. The zero-order chi connectivity index (χ0) is 9.26. The molecular weight excluding hydrogens is 164 g/mol. The van der Waals surface area contributed by atoms with Crippen molar-refractivity contribution < 1.29 is 4.74 Å². The molecule has 2 fully saturated rings. The molecule has 2 aliphatic heterocycles. The van der Waals surface area contributed by atoms with Gasteiger partial charge in [0.25, 0.3) is 0 Å². The maximum Gasteiger partial charge on any atom is 0.0618 e. The Bertz CT molecular complexity index is 168. The number of likely N-dealkylation sites (N-methyl/N-ethyl adjacent to an activating group) is 1. The van der Waals surface area contributed by atoms with Gasteiger partial charge in [-0.1, -0.05) is 0 Å². The summed E-state index contributed by atoms with van der Waals surface area (Å²) in [4.78, 5) is 5.08. The number of hydrogen-bond acceptors (Lipinski definition) is 3. The summed E-state index contributed by atoms with van der Waals surface area (Å²) in [7, 11) is 4.03. The number of rotatable bonds is 2. The zero-order valence-corrected chi connectivity index (χ0v) is 8.70. The van der Waals surface area contributed by atoms with Crippen molar-refractivity contribution in [1.82, 2.24) is 9.80 Å². The average Bonchev–Trinajstić information content (AvgIpc) is 2.49. The zero-order valence-electron chi connectivity index (χ0n) is 8.70. The highest BCUT2D eigenvalue weighted by atomic mass is 16.5. The van der Waals surface area contributed by atoms with Crippen molar-refractivity contribution in [3.8, 4) is 0 Å². The Hall–Kier alpha value is -0.120. The lowest BCUT2D eigenvalue weighted by molar-refractivity contribution is 0.0541. The second kappa shape index (κ2) is 3.95. The summed E-state index contributed by atoms with van der Waals surface area (Å²) in [6.45, 7) is 4.62. The minimum atomic E-state index is 0.698. The molecule has 0 aromatic heterocycles. The predicted molar refractivity (Wildman–Crippen MR) is 52.9 cm³/mol. The molecule has 0 aromatic carbocycles. The molecule has 3 nitrogen and oxygen atoms in total. The van der Waals surface area contributed by atoms with Gasteiger partial charge < -0.3 is 9.64 Å². The Labute approximate surface area is 80.6 Å². The van der Waals surface area contributed by atoms with E-state index in [9.17, 15) is 0 Å². The van der Waals surface area contributed by atoms with E-state index in [0.29, 0.717) is 6.04 Å². The number of hydrogen-bond donors (Lipinski definition) is 0. The van der Waals surface area contributed by atoms with Gasteiger partial charge in [-0.3, -0.25) is 4.90 Å². The summed E-state index contributed by atoms with van der Waals surface area (Å²) < 4.78 is 5.25. The van der Waals surface area contributed by atoms with Gasteiger partial charge in [0.15, 0.2) is 0 Å². The molecule has 2 aliphatic rings. The van der Waals surface area contributed by atoms with Gasteiger partial charge in [-0.2, -0.15) is 0 Å². The molecule has 2 rings (SSSR count). The summed E-state index contributed by atoms with van der Waals surface area (Å²) in [5, 5.41) is 0. The molecule has 0 aromatic rings. The monoisotopic (exact) mass is 184 g/mol. The highest BCUT2D eigenvalue weighted by molar-refractivity contribution is 4.92. The van der Waals surface area contributed by atoms with Crippen LogP contribution in [-0.2, 0) is 4.74 Å². The van der Waals surface area contributed by atoms with Gasteiger partial charge in [-0.25, -0.2) is 0 Å². The van der Waals surface area contributed by atoms with Gasteiger partial charge in [0.1, 0.15) is 0 Å². The molecule has 3 heteroatoms. The van der Waals surface area contributed by atoms with Crippen molar-refractivity contribution in [1.29, 1.82) is 0 Å². The lowest BCUT2D eigenvalue weighted by Gasteiger charge is -2.38. The third-order valence-electron chi connectivity index (χ3n) is 3.39. The van der Waals surface area contributed by atoms with Gasteiger partial charge in [0, 0.05) is 38.8 Å². The van der Waals surface area contributed by atoms with Crippen molar-refractivity contribution in [2.75, 3.05) is 40.4 Å². The van der Waals surface area contributed by atoms with E-state index in [4.69, 9.17) is 4.74 Å². The van der Waals surface area contributed by atoms with Gasteiger partial charge >= 0.3 is 0 Å². The second-order valence-corrected chi connectivity index (χ2v) is 4.34. The second-order valence-electron chi connectivity index (χ2n) is 4.34. The first-order valence-corrected chi connectivity index (χ1v) is 5.24. The Morgan fingerprint density at radius 3 is 2.92 bits per heavy atom. The van der Waals surface area contributed by atoms with E-state index < -0.39 is 0 Å². The summed E-state index contributed by atoms with van der Waals surface area (Å²) >= 11 is 0. The Balaban J connectivity index is 1.92. The van der Waals surface area contributed by atoms with Crippen LogP contribution >= 0.6 is 0 Å². The maximum absolute atomic E-state index is 5.25. The maximum atomic E-state index is 5.25. The minimum absolute atomic E-state index is 0.698. The quantitative estimate of drug-likeness (QED) is 0.618. The molecule has 2 atom stereocenters. The SMILES string of the molecule is COCC1CCC2CN(C)CCN12. The van der Waals surface area contributed by atoms with Crippen LogP contribution in [0.4, 0.5) is 0 Å². The van der Waals surface area contributed by atoms with E-state index in [1.54, 1.807) is 0 Å². The minimum Gasteiger partial charge on any atom is -0.383 e. The summed E-state index contributed by atoms with van der Waals surface area (Å²) in [6, 6.07) is 1.50. The molecule has 0 bridgehead atoms. The topological polar surface area (TPSA) is 15.7 Å². The summed E-state index contributed by atoms with van der Waals surface area (Å²) in [6.07, 6.45) is 2.69. The van der Waals surface area contributed by atoms with Crippen LogP contribution in [0, 0.1) is 0 Å². The molecule has 0 saturated carbocycles. The summed E-state index contributed by atoms with van der Waals surface area (Å²) in [5.74, 6) is 0. The number of fused-ring (bicyclic) bond motifs is 1. The van der Waals surface area contributed by atoms with Crippen LogP contribution in [0.3, 0.4) is 0 Å². The van der Waals surface area contributed by atoms with Crippen molar-refractivity contribution in [3.05, 3.63) is 0 Å². The van der Waals surface area contributed by atoms with Crippen molar-refractivity contribution in [2.24, 2.45) is 0 Å². The molecule has 0 N–H and O–H groups in total. The van der Waals surface area contributed by atoms with Crippen LogP contribution in [0.1, 0.15) is 12.8 Å². The van der Waals surface area contributed by atoms with Gasteiger partial charge in [-0.15, -0.1) is 0 Å². The van der Waals surface area contributed by atoms with E-state index in [1.165, 1.54) is 32.5 Å². The highest BCUT2D eigenvalue weighted by Crippen LogP contribution is 2.26. The van der Waals surface area contributed by atoms with E-state index >= 15 is 0 Å². The number of ether oxygens (including phenoxy) is 1. The fourth-order valence-corrected chi connectivity index (χ4v) is 2.68. The van der Waals surface area contributed by atoms with Gasteiger partial charge in [0.2, 0.25) is 0 Å². The first kappa shape index (κ1) is 9.44. The fourth-order valence-electron chi connectivity index (χ4n) is 2.68. The van der Waals surface area contributed by atoms with Crippen LogP contribution in [0.5, 0.6) is 0 Å². The molecule has 0 spiro atoms. The number of piperazine rings is 1. The molecule has 0 aliphatic carbocycles. The lowest BCUT2D eigenvalue weighted by atomic mass is 10.2. The molecule has 76 valence electrons. The molecule has 2 saturated heterocycles. The Morgan fingerprint density at radius 1 is 1.31 bits per heavy atom. The molecule has 0 amide bonds. The Morgan fingerprint density at radius 2 is 2.15 bits per heavy atom. The van der Waals surface area contributed by atoms with E-state index in [1.807, 2.05) is 7.11 Å². The van der Waals surface area contributed by atoms with Crippen LogP contribution in [0.2, 0.25) is 0 Å². The van der Waals surface area contributed by atoms with E-state index in [-0.39, 0.29) is 0 Å². The third-order valence-corrected chi connectivity index (χ3v) is 3.39. The van der Waals surface area contributed by atoms with Crippen LogP contribution < -0.4 is 0 Å². The predicted octanol–water partition coefficient (Wildman–Crippen LogP) is 0.411. The van der Waals surface area contributed by atoms with Crippen molar-refractivity contribution in [3.63, 3.8) is 0 Å². The smallest absolute Gasteiger partial charge is 0.0618 e. The first-order valence-electron chi connectivity index (χ1n) is 5.24. The van der Waals surface area contributed by atoms with Crippen molar-refractivity contribution >= 4 is 0 Å². The van der Waals surface area contributed by atoms with Crippen LogP contribution in [-0.4, -0.2) is 62.3 Å². The third kappa shape index (κ3) is 1.87. The lowest BCUT2D eigenvalue weighted by Crippen LogP contribution is -2.51. The number of methoxy groups -OCH3 is 1. The molecule has 2 unspecified atom stereocenters. The summed E-state index contributed by atoms with van der Waals surface area (Å²) in [5.41, 5.74) is 0. The fraction of sp³-hybridized carbons (Fsp3) is 1.00. The molecule has 0 radical (unpaired) electrons. The van der Waals surface area contributed by atoms with E-state index in [2.05, 4.69) is 16.8 Å². The number of nitrogens with zero attached hydrogens (tertiary/aromatic N) is 2. The molecule has 2 heterocycles. The Kier molecular flexibility index (Phi) is 2.86. The van der Waals surface area contributed by atoms with Gasteiger partial charge in [-0.05, 0) is 19.9 Å². The molecule has 13 heavy (non-hydrogen) atoms. The molecular formula is C10H20N2O. The average molecular weight is 184 g/mol. The van der Waals surface area contributed by atoms with Crippen LogP contribution in [0.15, 0.2) is 0 Å². The van der Waals surface area contributed by atoms with E-state index in [0.717, 1.165) is 12.6 Å². The van der Waals surface area contributed by atoms with Crippen molar-refractivity contribution in [2.45, 2.75) is 24.9 Å².